The Hall–Kier alpha value is -1.52. The Morgan fingerprint density at radius 1 is 1.11 bits per heavy atom. The van der Waals surface area contributed by atoms with Gasteiger partial charge in [-0.15, -0.1) is 0 Å². The molecule has 4 heteroatoms. The molecule has 0 aliphatic rings. The number of methoxy groups -OCH3 is 1. The summed E-state index contributed by atoms with van der Waals surface area (Å²) in [6.07, 6.45) is -0.225. The number of ether oxygens (including phenoxy) is 2. The van der Waals surface area contributed by atoms with E-state index in [-0.39, 0.29) is 6.10 Å². The number of halogens is 1. The van der Waals surface area contributed by atoms with Gasteiger partial charge in [-0.2, -0.15) is 0 Å². The number of hydrogen-bond donors (Lipinski definition) is 1. The Morgan fingerprint density at radius 3 is 2.42 bits per heavy atom. The smallest absolute Gasteiger partial charge is 0.139 e. The maximum atomic E-state index is 5.92. The fourth-order valence-corrected chi connectivity index (χ4v) is 2.11. The first kappa shape index (κ1) is 13.9. The Labute approximate surface area is 121 Å². The molecular formula is C15H16BrNO2. The predicted octanol–water partition coefficient (Wildman–Crippen LogP) is 3.54. The standard InChI is InChI=1S/C15H16BrNO2/c1-18-14-5-3-2-4-13(14)15(10-17)19-12-8-6-11(16)7-9-12/h2-9,15H,10,17H2,1H3. The molecule has 0 heterocycles. The fraction of sp³-hybridized carbons (Fsp3) is 0.200. The minimum atomic E-state index is -0.225. The van der Waals surface area contributed by atoms with E-state index in [4.69, 9.17) is 15.2 Å². The van der Waals surface area contributed by atoms with Crippen LogP contribution in [-0.4, -0.2) is 13.7 Å². The van der Waals surface area contributed by atoms with Crippen molar-refractivity contribution in [3.8, 4) is 11.5 Å². The van der Waals surface area contributed by atoms with E-state index < -0.39 is 0 Å². The lowest BCUT2D eigenvalue weighted by Gasteiger charge is -2.20. The van der Waals surface area contributed by atoms with E-state index in [1.165, 1.54) is 0 Å². The van der Waals surface area contributed by atoms with Gasteiger partial charge in [0.25, 0.3) is 0 Å². The zero-order chi connectivity index (χ0) is 13.7. The van der Waals surface area contributed by atoms with Crippen LogP contribution < -0.4 is 15.2 Å². The molecule has 0 saturated heterocycles. The molecule has 100 valence electrons. The first-order valence-corrected chi connectivity index (χ1v) is 6.79. The van der Waals surface area contributed by atoms with Crippen molar-refractivity contribution in [1.29, 1.82) is 0 Å². The summed E-state index contributed by atoms with van der Waals surface area (Å²) in [5, 5.41) is 0. The summed E-state index contributed by atoms with van der Waals surface area (Å²) in [4.78, 5) is 0. The molecule has 0 spiro atoms. The third-order valence-corrected chi connectivity index (χ3v) is 3.32. The van der Waals surface area contributed by atoms with Gasteiger partial charge in [-0.1, -0.05) is 34.1 Å². The molecule has 2 aromatic carbocycles. The van der Waals surface area contributed by atoms with Crippen molar-refractivity contribution in [2.45, 2.75) is 6.10 Å². The fourth-order valence-electron chi connectivity index (χ4n) is 1.85. The van der Waals surface area contributed by atoms with Crippen LogP contribution in [0.25, 0.3) is 0 Å². The van der Waals surface area contributed by atoms with Gasteiger partial charge >= 0.3 is 0 Å². The number of benzene rings is 2. The Kier molecular flexibility index (Phi) is 4.82. The van der Waals surface area contributed by atoms with Crippen LogP contribution in [0, 0.1) is 0 Å². The van der Waals surface area contributed by atoms with Gasteiger partial charge in [0.15, 0.2) is 0 Å². The van der Waals surface area contributed by atoms with E-state index in [0.717, 1.165) is 21.5 Å². The zero-order valence-electron chi connectivity index (χ0n) is 10.7. The summed E-state index contributed by atoms with van der Waals surface area (Å²) in [5.74, 6) is 1.57. The number of nitrogens with two attached hydrogens (primary N) is 1. The molecule has 0 radical (unpaired) electrons. The summed E-state index contributed by atoms with van der Waals surface area (Å²) < 4.78 is 12.3. The minimum absolute atomic E-state index is 0.225. The average Bonchev–Trinajstić information content (AvgIpc) is 2.46. The van der Waals surface area contributed by atoms with Crippen molar-refractivity contribution in [2.75, 3.05) is 13.7 Å². The lowest BCUT2D eigenvalue weighted by Crippen LogP contribution is -2.19. The molecule has 2 aromatic rings. The molecule has 0 saturated carbocycles. The van der Waals surface area contributed by atoms with Crippen LogP contribution in [0.5, 0.6) is 11.5 Å². The van der Waals surface area contributed by atoms with Crippen molar-refractivity contribution in [3.05, 3.63) is 58.6 Å². The van der Waals surface area contributed by atoms with Crippen LogP contribution in [0.15, 0.2) is 53.0 Å². The van der Waals surface area contributed by atoms with E-state index >= 15 is 0 Å². The van der Waals surface area contributed by atoms with E-state index in [1.54, 1.807) is 7.11 Å². The summed E-state index contributed by atoms with van der Waals surface area (Å²) in [6, 6.07) is 15.4. The molecule has 3 nitrogen and oxygen atoms in total. The highest BCUT2D eigenvalue weighted by Crippen LogP contribution is 2.28. The highest BCUT2D eigenvalue weighted by molar-refractivity contribution is 9.10. The molecule has 0 aromatic heterocycles. The predicted molar refractivity (Wildman–Crippen MR) is 79.6 cm³/mol. The van der Waals surface area contributed by atoms with Crippen molar-refractivity contribution in [2.24, 2.45) is 5.73 Å². The minimum Gasteiger partial charge on any atom is -0.496 e. The van der Waals surface area contributed by atoms with Gasteiger partial charge in [0, 0.05) is 16.6 Å². The van der Waals surface area contributed by atoms with Crippen LogP contribution in [0.1, 0.15) is 11.7 Å². The van der Waals surface area contributed by atoms with Crippen LogP contribution in [0.4, 0.5) is 0 Å². The molecule has 0 bridgehead atoms. The average molecular weight is 322 g/mol. The molecule has 0 fully saturated rings. The topological polar surface area (TPSA) is 44.5 Å². The normalized spacial score (nSPS) is 11.9. The van der Waals surface area contributed by atoms with Crippen LogP contribution in [0.3, 0.4) is 0 Å². The van der Waals surface area contributed by atoms with Crippen LogP contribution in [-0.2, 0) is 0 Å². The second-order valence-electron chi connectivity index (χ2n) is 4.04. The van der Waals surface area contributed by atoms with Crippen molar-refractivity contribution in [1.82, 2.24) is 0 Å². The highest BCUT2D eigenvalue weighted by atomic mass is 79.9. The molecule has 2 N–H and O–H groups in total. The number of hydrogen-bond acceptors (Lipinski definition) is 3. The molecule has 0 amide bonds. The zero-order valence-corrected chi connectivity index (χ0v) is 12.3. The van der Waals surface area contributed by atoms with Gasteiger partial charge in [0.05, 0.1) is 7.11 Å². The Bertz CT molecular complexity index is 528. The van der Waals surface area contributed by atoms with Gasteiger partial charge in [-0.25, -0.2) is 0 Å². The summed E-state index contributed by atoms with van der Waals surface area (Å²) in [7, 11) is 1.64. The molecule has 2 rings (SSSR count). The van der Waals surface area contributed by atoms with Crippen LogP contribution >= 0.6 is 15.9 Å². The molecule has 0 aliphatic carbocycles. The Morgan fingerprint density at radius 2 is 1.79 bits per heavy atom. The van der Waals surface area contributed by atoms with E-state index in [9.17, 15) is 0 Å². The van der Waals surface area contributed by atoms with Crippen molar-refractivity contribution in [3.63, 3.8) is 0 Å². The lowest BCUT2D eigenvalue weighted by molar-refractivity contribution is 0.209. The second kappa shape index (κ2) is 6.59. The van der Waals surface area contributed by atoms with Gasteiger partial charge in [0.2, 0.25) is 0 Å². The maximum Gasteiger partial charge on any atom is 0.139 e. The highest BCUT2D eigenvalue weighted by Gasteiger charge is 2.15. The molecule has 0 aliphatic heterocycles. The summed E-state index contributed by atoms with van der Waals surface area (Å²) in [6.45, 7) is 0.385. The molecular weight excluding hydrogens is 306 g/mol. The van der Waals surface area contributed by atoms with E-state index in [1.807, 2.05) is 48.5 Å². The van der Waals surface area contributed by atoms with E-state index in [2.05, 4.69) is 15.9 Å². The summed E-state index contributed by atoms with van der Waals surface area (Å²) >= 11 is 3.40. The SMILES string of the molecule is COc1ccccc1C(CN)Oc1ccc(Br)cc1. The van der Waals surface area contributed by atoms with Gasteiger partial charge < -0.3 is 15.2 Å². The lowest BCUT2D eigenvalue weighted by atomic mass is 10.1. The molecule has 19 heavy (non-hydrogen) atoms. The first-order valence-electron chi connectivity index (χ1n) is 6.00. The van der Waals surface area contributed by atoms with Crippen molar-refractivity contribution < 1.29 is 9.47 Å². The monoisotopic (exact) mass is 321 g/mol. The maximum absolute atomic E-state index is 5.92. The number of rotatable bonds is 5. The third kappa shape index (κ3) is 3.49. The quantitative estimate of drug-likeness (QED) is 0.916. The van der Waals surface area contributed by atoms with Gasteiger partial charge in [-0.3, -0.25) is 0 Å². The second-order valence-corrected chi connectivity index (χ2v) is 4.95. The van der Waals surface area contributed by atoms with Crippen LogP contribution in [0.2, 0.25) is 0 Å². The third-order valence-electron chi connectivity index (χ3n) is 2.79. The van der Waals surface area contributed by atoms with Gasteiger partial charge in [0.1, 0.15) is 17.6 Å². The number of para-hydroxylation sites is 1. The molecule has 1 unspecified atom stereocenters. The summed E-state index contributed by atoms with van der Waals surface area (Å²) in [5.41, 5.74) is 6.77. The van der Waals surface area contributed by atoms with Crippen molar-refractivity contribution >= 4 is 15.9 Å². The Balaban J connectivity index is 2.22. The van der Waals surface area contributed by atoms with Gasteiger partial charge in [-0.05, 0) is 30.3 Å². The molecule has 1 atom stereocenters. The first-order chi connectivity index (χ1) is 9.24. The largest absolute Gasteiger partial charge is 0.496 e. The van der Waals surface area contributed by atoms with E-state index in [0.29, 0.717) is 6.54 Å².